The number of imidazole rings is 1. The number of nitrogens with zero attached hydrogens (tertiary/aromatic N) is 3. The summed E-state index contributed by atoms with van der Waals surface area (Å²) in [6.45, 7) is 9.66. The molecular formula is C29H32ClN3O4. The average Bonchev–Trinajstić information content (AvgIpc) is 3.47. The monoisotopic (exact) mass is 521 g/mol. The molecule has 1 fully saturated rings. The lowest BCUT2D eigenvalue weighted by atomic mass is 9.85. The lowest BCUT2D eigenvalue weighted by Gasteiger charge is -2.26. The molecule has 0 radical (unpaired) electrons. The largest absolute Gasteiger partial charge is 0.507 e. The molecule has 1 N–H and O–H groups in total. The molecule has 37 heavy (non-hydrogen) atoms. The second kappa shape index (κ2) is 10.8. The quantitative estimate of drug-likeness (QED) is 0.232. The number of amides is 1. The second-order valence-corrected chi connectivity index (χ2v) is 10.5. The van der Waals surface area contributed by atoms with Crippen molar-refractivity contribution in [3.63, 3.8) is 0 Å². The van der Waals surface area contributed by atoms with E-state index in [1.54, 1.807) is 35.6 Å². The fourth-order valence-electron chi connectivity index (χ4n) is 4.54. The molecule has 0 aliphatic carbocycles. The molecule has 1 saturated heterocycles. The summed E-state index contributed by atoms with van der Waals surface area (Å²) in [5.74, 6) is -1.12. The highest BCUT2D eigenvalue weighted by atomic mass is 35.5. The maximum absolute atomic E-state index is 13.3. The molecule has 2 aromatic carbocycles. The van der Waals surface area contributed by atoms with Crippen LogP contribution in [0.15, 0.2) is 66.8 Å². The van der Waals surface area contributed by atoms with Gasteiger partial charge in [-0.05, 0) is 48.1 Å². The van der Waals surface area contributed by atoms with Crippen LogP contribution in [0, 0.1) is 0 Å². The number of carbonyl (C=O) groups is 2. The highest BCUT2D eigenvalue weighted by Gasteiger charge is 2.45. The lowest BCUT2D eigenvalue weighted by Crippen LogP contribution is -2.31. The number of aromatic nitrogens is 2. The van der Waals surface area contributed by atoms with E-state index in [1.807, 2.05) is 42.0 Å². The van der Waals surface area contributed by atoms with Gasteiger partial charge in [-0.1, -0.05) is 56.6 Å². The average molecular weight is 522 g/mol. The topological polar surface area (TPSA) is 84.7 Å². The van der Waals surface area contributed by atoms with E-state index >= 15 is 0 Å². The molecule has 1 aliphatic rings. The Labute approximate surface area is 222 Å². The first-order valence-corrected chi connectivity index (χ1v) is 12.8. The van der Waals surface area contributed by atoms with E-state index < -0.39 is 17.7 Å². The summed E-state index contributed by atoms with van der Waals surface area (Å²) in [6.07, 6.45) is 5.89. The van der Waals surface area contributed by atoms with Crippen LogP contribution in [0.2, 0.25) is 5.02 Å². The summed E-state index contributed by atoms with van der Waals surface area (Å²) < 4.78 is 7.41. The Morgan fingerprint density at radius 2 is 1.84 bits per heavy atom. The summed E-state index contributed by atoms with van der Waals surface area (Å²) in [5, 5.41) is 11.6. The molecule has 1 aliphatic heterocycles. The Morgan fingerprint density at radius 1 is 1.11 bits per heavy atom. The molecule has 194 valence electrons. The molecule has 0 bridgehead atoms. The van der Waals surface area contributed by atoms with Gasteiger partial charge in [0, 0.05) is 31.0 Å². The van der Waals surface area contributed by atoms with Crippen molar-refractivity contribution in [2.24, 2.45) is 0 Å². The minimum atomic E-state index is -0.720. The Morgan fingerprint density at radius 3 is 2.43 bits per heavy atom. The zero-order valence-corrected chi connectivity index (χ0v) is 22.3. The number of Topliss-reactive ketones (excluding diaryl/α,β-unsaturated/α-hetero) is 1. The molecule has 1 aromatic heterocycles. The summed E-state index contributed by atoms with van der Waals surface area (Å²) in [5.41, 5.74) is 2.24. The maximum atomic E-state index is 13.3. The molecule has 1 amide bonds. The van der Waals surface area contributed by atoms with Gasteiger partial charge >= 0.3 is 0 Å². The Bertz CT molecular complexity index is 1310. The van der Waals surface area contributed by atoms with Gasteiger partial charge in [-0.2, -0.15) is 0 Å². The highest BCUT2D eigenvalue weighted by molar-refractivity contribution is 6.46. The van der Waals surface area contributed by atoms with Gasteiger partial charge in [0.1, 0.15) is 11.5 Å². The van der Waals surface area contributed by atoms with Gasteiger partial charge in [-0.15, -0.1) is 0 Å². The molecule has 7 nitrogen and oxygen atoms in total. The highest BCUT2D eigenvalue weighted by Crippen LogP contribution is 2.41. The number of ether oxygens (including phenoxy) is 1. The van der Waals surface area contributed by atoms with Gasteiger partial charge in [0.15, 0.2) is 0 Å². The van der Waals surface area contributed by atoms with Gasteiger partial charge in [-0.3, -0.25) is 9.59 Å². The van der Waals surface area contributed by atoms with E-state index in [0.717, 1.165) is 11.1 Å². The smallest absolute Gasteiger partial charge is 0.295 e. The van der Waals surface area contributed by atoms with Gasteiger partial charge in [-0.25, -0.2) is 4.98 Å². The predicted octanol–water partition coefficient (Wildman–Crippen LogP) is 5.74. The molecule has 8 heteroatoms. The number of aryl methyl sites for hydroxylation is 1. The van der Waals surface area contributed by atoms with E-state index in [0.29, 0.717) is 42.5 Å². The molecular weight excluding hydrogens is 490 g/mol. The lowest BCUT2D eigenvalue weighted by molar-refractivity contribution is -0.139. The van der Waals surface area contributed by atoms with Crippen molar-refractivity contribution in [1.29, 1.82) is 0 Å². The third-order valence-corrected chi connectivity index (χ3v) is 6.81. The number of aliphatic hydroxyl groups is 1. The summed E-state index contributed by atoms with van der Waals surface area (Å²) in [7, 11) is 0. The Hall–Kier alpha value is -3.58. The van der Waals surface area contributed by atoms with Gasteiger partial charge in [0.05, 0.1) is 29.6 Å². The minimum Gasteiger partial charge on any atom is -0.507 e. The standard InChI is InChI=1S/C29H32ClN3O4/c1-5-37-23-12-9-20(17-22(23)30)26(34)24-25(19-7-10-21(11-8-19)29(2,3)4)33(28(36)27(24)35)15-6-14-32-16-13-31-18-32/h7-13,16-18,25,34H,5-6,14-15H2,1-4H3/b26-24+. The zero-order chi connectivity index (χ0) is 26.7. The number of hydrogen-bond donors (Lipinski definition) is 1. The van der Waals surface area contributed by atoms with Crippen LogP contribution < -0.4 is 4.74 Å². The number of likely N-dealkylation sites (tertiary alicyclic amines) is 1. The first-order chi connectivity index (χ1) is 17.6. The molecule has 2 heterocycles. The fourth-order valence-corrected chi connectivity index (χ4v) is 4.78. The maximum Gasteiger partial charge on any atom is 0.295 e. The number of benzene rings is 2. The van der Waals surface area contributed by atoms with Gasteiger partial charge < -0.3 is 19.3 Å². The first-order valence-electron chi connectivity index (χ1n) is 12.4. The van der Waals surface area contributed by atoms with Crippen LogP contribution in [0.4, 0.5) is 0 Å². The molecule has 3 aromatic rings. The normalized spacial score (nSPS) is 17.4. The van der Waals surface area contributed by atoms with Crippen molar-refractivity contribution >= 4 is 29.1 Å². The Balaban J connectivity index is 1.75. The molecule has 0 spiro atoms. The molecule has 4 rings (SSSR count). The van der Waals surface area contributed by atoms with Crippen LogP contribution in [0.1, 0.15) is 56.8 Å². The third-order valence-electron chi connectivity index (χ3n) is 6.51. The third kappa shape index (κ3) is 5.57. The van der Waals surface area contributed by atoms with E-state index in [9.17, 15) is 14.7 Å². The van der Waals surface area contributed by atoms with Crippen LogP contribution in [-0.4, -0.2) is 44.4 Å². The van der Waals surface area contributed by atoms with Crippen LogP contribution in [0.25, 0.3) is 5.76 Å². The molecule has 1 atom stereocenters. The van der Waals surface area contributed by atoms with E-state index in [1.165, 1.54) is 0 Å². The van der Waals surface area contributed by atoms with Crippen LogP contribution in [0.3, 0.4) is 0 Å². The number of aliphatic hydroxyl groups excluding tert-OH is 1. The van der Waals surface area contributed by atoms with Gasteiger partial charge in [0.25, 0.3) is 11.7 Å². The van der Waals surface area contributed by atoms with Gasteiger partial charge in [0.2, 0.25) is 0 Å². The number of hydrogen-bond acceptors (Lipinski definition) is 5. The van der Waals surface area contributed by atoms with E-state index in [2.05, 4.69) is 25.8 Å². The number of halogens is 1. The predicted molar refractivity (Wildman–Crippen MR) is 144 cm³/mol. The van der Waals surface area contributed by atoms with Crippen molar-refractivity contribution in [1.82, 2.24) is 14.5 Å². The second-order valence-electron chi connectivity index (χ2n) is 10.1. The minimum absolute atomic E-state index is 0.0514. The van der Waals surface area contributed by atoms with Crippen molar-refractivity contribution in [2.45, 2.75) is 52.1 Å². The van der Waals surface area contributed by atoms with Crippen molar-refractivity contribution in [2.75, 3.05) is 13.2 Å². The van der Waals surface area contributed by atoms with E-state index in [-0.39, 0.29) is 16.7 Å². The SMILES string of the molecule is CCOc1ccc(/C(O)=C2\C(=O)C(=O)N(CCCn3ccnc3)C2c2ccc(C(C)(C)C)cc2)cc1Cl. The van der Waals surface area contributed by atoms with Crippen LogP contribution >= 0.6 is 11.6 Å². The first kappa shape index (κ1) is 26.5. The Kier molecular flexibility index (Phi) is 7.73. The van der Waals surface area contributed by atoms with Crippen molar-refractivity contribution in [3.05, 3.63) is 88.5 Å². The number of rotatable bonds is 8. The number of ketones is 1. The van der Waals surface area contributed by atoms with Crippen LogP contribution in [0.5, 0.6) is 5.75 Å². The summed E-state index contributed by atoms with van der Waals surface area (Å²) >= 11 is 6.36. The summed E-state index contributed by atoms with van der Waals surface area (Å²) in [4.78, 5) is 32.1. The fraction of sp³-hybridized carbons (Fsp3) is 0.345. The van der Waals surface area contributed by atoms with E-state index in [4.69, 9.17) is 16.3 Å². The zero-order valence-electron chi connectivity index (χ0n) is 21.6. The molecule has 0 saturated carbocycles. The van der Waals surface area contributed by atoms with Crippen molar-refractivity contribution in [3.8, 4) is 5.75 Å². The number of carbonyl (C=O) groups excluding carboxylic acids is 2. The van der Waals surface area contributed by atoms with Crippen LogP contribution in [-0.2, 0) is 21.5 Å². The van der Waals surface area contributed by atoms with Crippen molar-refractivity contribution < 1.29 is 19.4 Å². The summed E-state index contributed by atoms with van der Waals surface area (Å²) in [6, 6.07) is 12.0. The molecule has 1 unspecified atom stereocenters.